The Balaban J connectivity index is 2.27. The average Bonchev–Trinajstić information content (AvgIpc) is 2.30. The lowest BCUT2D eigenvalue weighted by molar-refractivity contribution is -0.115. The van der Waals surface area contributed by atoms with Gasteiger partial charge >= 0.3 is 0 Å². The molecule has 0 aliphatic heterocycles. The van der Waals surface area contributed by atoms with Gasteiger partial charge in [-0.25, -0.2) is 8.78 Å². The number of carbonyl (C=O) groups is 1. The van der Waals surface area contributed by atoms with Crippen LogP contribution in [0.4, 0.5) is 14.5 Å². The molecule has 0 spiro atoms. The summed E-state index contributed by atoms with van der Waals surface area (Å²) in [5.74, 6) is -3.61. The molecular weight excluding hydrogens is 230 g/mol. The number of alkyl halides is 2. The molecule has 1 rings (SSSR count). The molecule has 3 N–H and O–H groups in total. The van der Waals surface area contributed by atoms with Gasteiger partial charge in [0.25, 0.3) is 5.92 Å². The highest BCUT2D eigenvalue weighted by Gasteiger charge is 2.27. The van der Waals surface area contributed by atoms with Gasteiger partial charge in [0.2, 0.25) is 5.91 Å². The van der Waals surface area contributed by atoms with Crippen LogP contribution in [-0.4, -0.2) is 36.6 Å². The second kappa shape index (κ2) is 6.27. The molecule has 1 amide bonds. The third-order valence-corrected chi connectivity index (χ3v) is 1.96. The SMILES string of the molecule is O=C(CNCC(F)(F)CO)Nc1ccccc1. The number of nitrogens with one attached hydrogen (secondary N) is 2. The van der Waals surface area contributed by atoms with Crippen LogP contribution < -0.4 is 10.6 Å². The first-order chi connectivity index (χ1) is 8.03. The number of hydrogen-bond acceptors (Lipinski definition) is 3. The van der Waals surface area contributed by atoms with Crippen LogP contribution in [0.2, 0.25) is 0 Å². The number of aliphatic hydroxyl groups is 1. The number of rotatable bonds is 6. The molecule has 0 aliphatic carbocycles. The molecule has 0 radical (unpaired) electrons. The maximum atomic E-state index is 12.6. The molecule has 0 bridgehead atoms. The lowest BCUT2D eigenvalue weighted by Gasteiger charge is -2.13. The van der Waals surface area contributed by atoms with E-state index in [9.17, 15) is 13.6 Å². The lowest BCUT2D eigenvalue weighted by Crippen LogP contribution is -2.39. The minimum absolute atomic E-state index is 0.232. The third kappa shape index (κ3) is 5.37. The summed E-state index contributed by atoms with van der Waals surface area (Å²) in [7, 11) is 0. The predicted molar refractivity (Wildman–Crippen MR) is 60.0 cm³/mol. The van der Waals surface area contributed by atoms with Gasteiger partial charge in [-0.1, -0.05) is 18.2 Å². The highest BCUT2D eigenvalue weighted by atomic mass is 19.3. The zero-order chi connectivity index (χ0) is 12.7. The van der Waals surface area contributed by atoms with Crippen molar-refractivity contribution in [2.45, 2.75) is 5.92 Å². The predicted octanol–water partition coefficient (Wildman–Crippen LogP) is 0.842. The van der Waals surface area contributed by atoms with E-state index in [0.717, 1.165) is 0 Å². The van der Waals surface area contributed by atoms with E-state index in [4.69, 9.17) is 5.11 Å². The average molecular weight is 244 g/mol. The van der Waals surface area contributed by atoms with E-state index in [0.29, 0.717) is 5.69 Å². The Morgan fingerprint density at radius 1 is 1.29 bits per heavy atom. The molecule has 1 aromatic carbocycles. The number of amides is 1. The number of anilines is 1. The maximum absolute atomic E-state index is 12.6. The number of hydrogen-bond donors (Lipinski definition) is 3. The van der Waals surface area contributed by atoms with Crippen molar-refractivity contribution in [2.24, 2.45) is 0 Å². The fraction of sp³-hybridized carbons (Fsp3) is 0.364. The number of halogens is 2. The van der Waals surface area contributed by atoms with Crippen molar-refractivity contribution in [3.8, 4) is 0 Å². The van der Waals surface area contributed by atoms with Gasteiger partial charge in [0, 0.05) is 5.69 Å². The van der Waals surface area contributed by atoms with Crippen LogP contribution in [0.15, 0.2) is 30.3 Å². The second-order valence-electron chi connectivity index (χ2n) is 3.53. The largest absolute Gasteiger partial charge is 0.390 e. The Bertz CT molecular complexity index is 358. The molecule has 4 nitrogen and oxygen atoms in total. The van der Waals surface area contributed by atoms with E-state index in [1.54, 1.807) is 30.3 Å². The normalized spacial score (nSPS) is 11.2. The van der Waals surface area contributed by atoms with Gasteiger partial charge in [0.1, 0.15) is 6.61 Å². The minimum Gasteiger partial charge on any atom is -0.390 e. The van der Waals surface area contributed by atoms with E-state index in [1.165, 1.54) is 0 Å². The van der Waals surface area contributed by atoms with Crippen LogP contribution in [0.3, 0.4) is 0 Å². The standard InChI is InChI=1S/C11H14F2N2O2/c12-11(13,8-16)7-14-6-10(17)15-9-4-2-1-3-5-9/h1-5,14,16H,6-8H2,(H,15,17). The van der Waals surface area contributed by atoms with E-state index in [-0.39, 0.29) is 6.54 Å². The van der Waals surface area contributed by atoms with Gasteiger partial charge in [-0.05, 0) is 12.1 Å². The fourth-order valence-corrected chi connectivity index (χ4v) is 1.14. The highest BCUT2D eigenvalue weighted by molar-refractivity contribution is 5.92. The van der Waals surface area contributed by atoms with Crippen LogP contribution >= 0.6 is 0 Å². The van der Waals surface area contributed by atoms with Crippen molar-refractivity contribution < 1.29 is 18.7 Å². The van der Waals surface area contributed by atoms with Crippen molar-refractivity contribution in [2.75, 3.05) is 25.0 Å². The number of para-hydroxylation sites is 1. The number of benzene rings is 1. The van der Waals surface area contributed by atoms with Gasteiger partial charge in [0.15, 0.2) is 0 Å². The van der Waals surface area contributed by atoms with Crippen molar-refractivity contribution in [1.82, 2.24) is 5.32 Å². The Morgan fingerprint density at radius 2 is 1.94 bits per heavy atom. The number of carbonyl (C=O) groups excluding carboxylic acids is 1. The summed E-state index contributed by atoms with van der Waals surface area (Å²) >= 11 is 0. The molecule has 0 saturated carbocycles. The summed E-state index contributed by atoms with van der Waals surface area (Å²) in [6, 6.07) is 8.70. The first-order valence-corrected chi connectivity index (χ1v) is 5.08. The molecule has 0 saturated heterocycles. The lowest BCUT2D eigenvalue weighted by atomic mass is 10.3. The number of aliphatic hydroxyl groups excluding tert-OH is 1. The topological polar surface area (TPSA) is 61.4 Å². The molecular formula is C11H14F2N2O2. The summed E-state index contributed by atoms with van der Waals surface area (Å²) in [5.41, 5.74) is 0.605. The fourth-order valence-electron chi connectivity index (χ4n) is 1.14. The van der Waals surface area contributed by atoms with E-state index < -0.39 is 25.0 Å². The van der Waals surface area contributed by atoms with Gasteiger partial charge < -0.3 is 15.7 Å². The maximum Gasteiger partial charge on any atom is 0.282 e. The zero-order valence-electron chi connectivity index (χ0n) is 9.12. The molecule has 0 aliphatic rings. The smallest absolute Gasteiger partial charge is 0.282 e. The van der Waals surface area contributed by atoms with Gasteiger partial charge in [0.05, 0.1) is 13.1 Å². The first-order valence-electron chi connectivity index (χ1n) is 5.08. The highest BCUT2D eigenvalue weighted by Crippen LogP contribution is 2.09. The molecule has 1 aromatic rings. The van der Waals surface area contributed by atoms with Gasteiger partial charge in [-0.15, -0.1) is 0 Å². The first kappa shape index (κ1) is 13.5. The molecule has 94 valence electrons. The van der Waals surface area contributed by atoms with Gasteiger partial charge in [-0.3, -0.25) is 4.79 Å². The molecule has 17 heavy (non-hydrogen) atoms. The Labute approximate surface area is 97.6 Å². The molecule has 0 heterocycles. The van der Waals surface area contributed by atoms with Crippen molar-refractivity contribution in [3.05, 3.63) is 30.3 Å². The second-order valence-corrected chi connectivity index (χ2v) is 3.53. The van der Waals surface area contributed by atoms with Crippen LogP contribution in [0.1, 0.15) is 0 Å². The Hall–Kier alpha value is -1.53. The summed E-state index contributed by atoms with van der Waals surface area (Å²) in [4.78, 5) is 11.3. The summed E-state index contributed by atoms with van der Waals surface area (Å²) in [6.45, 7) is -2.20. The van der Waals surface area contributed by atoms with E-state index in [2.05, 4.69) is 10.6 Å². The quantitative estimate of drug-likeness (QED) is 0.695. The molecule has 0 atom stereocenters. The van der Waals surface area contributed by atoms with Crippen molar-refractivity contribution in [1.29, 1.82) is 0 Å². The monoisotopic (exact) mass is 244 g/mol. The Kier molecular flexibility index (Phi) is 4.99. The van der Waals surface area contributed by atoms with Crippen LogP contribution in [0.25, 0.3) is 0 Å². The van der Waals surface area contributed by atoms with Crippen molar-refractivity contribution in [3.63, 3.8) is 0 Å². The molecule has 0 fully saturated rings. The van der Waals surface area contributed by atoms with E-state index >= 15 is 0 Å². The molecule has 0 aromatic heterocycles. The summed E-state index contributed by atoms with van der Waals surface area (Å²) < 4.78 is 25.2. The van der Waals surface area contributed by atoms with Crippen LogP contribution in [0, 0.1) is 0 Å². The molecule has 0 unspecified atom stereocenters. The third-order valence-electron chi connectivity index (χ3n) is 1.96. The van der Waals surface area contributed by atoms with Gasteiger partial charge in [-0.2, -0.15) is 0 Å². The van der Waals surface area contributed by atoms with Crippen LogP contribution in [0.5, 0.6) is 0 Å². The van der Waals surface area contributed by atoms with E-state index in [1.807, 2.05) is 0 Å². The summed E-state index contributed by atoms with van der Waals surface area (Å²) in [6.07, 6.45) is 0. The van der Waals surface area contributed by atoms with Crippen molar-refractivity contribution >= 4 is 11.6 Å². The summed E-state index contributed by atoms with van der Waals surface area (Å²) in [5, 5.41) is 13.1. The molecule has 6 heteroatoms. The zero-order valence-corrected chi connectivity index (χ0v) is 9.12. The minimum atomic E-state index is -3.20. The van der Waals surface area contributed by atoms with Crippen LogP contribution in [-0.2, 0) is 4.79 Å². The Morgan fingerprint density at radius 3 is 2.53 bits per heavy atom.